The molecular weight excluding hydrogens is 212 g/mol. The number of rotatable bonds is 6. The zero-order chi connectivity index (χ0) is 11.7. The molecule has 0 unspecified atom stereocenters. The minimum absolute atomic E-state index is 0.685. The van der Waals surface area contributed by atoms with E-state index in [1.54, 1.807) is 6.20 Å². The second-order valence-corrected chi connectivity index (χ2v) is 5.24. The van der Waals surface area contributed by atoms with Gasteiger partial charge in [0, 0.05) is 19.8 Å². The highest BCUT2D eigenvalue weighted by atomic mass is 15.1. The Morgan fingerprint density at radius 1 is 1.29 bits per heavy atom. The van der Waals surface area contributed by atoms with E-state index in [0.717, 1.165) is 30.1 Å². The quantitative estimate of drug-likeness (QED) is 0.790. The molecule has 1 aromatic heterocycles. The maximum absolute atomic E-state index is 4.39. The minimum Gasteiger partial charge on any atom is -0.370 e. The number of anilines is 2. The second kappa shape index (κ2) is 4.51. The second-order valence-electron chi connectivity index (χ2n) is 5.24. The molecular formula is C13H20N4. The van der Waals surface area contributed by atoms with Crippen molar-refractivity contribution in [2.75, 3.05) is 24.2 Å². The molecule has 92 valence electrons. The van der Waals surface area contributed by atoms with Gasteiger partial charge in [0.05, 0.1) is 0 Å². The van der Waals surface area contributed by atoms with Crippen molar-refractivity contribution in [1.82, 2.24) is 9.97 Å². The van der Waals surface area contributed by atoms with Crippen LogP contribution in [-0.4, -0.2) is 23.6 Å². The summed E-state index contributed by atoms with van der Waals surface area (Å²) in [4.78, 5) is 8.51. The van der Waals surface area contributed by atoms with E-state index < -0.39 is 0 Å². The summed E-state index contributed by atoms with van der Waals surface area (Å²) >= 11 is 0. The van der Waals surface area contributed by atoms with Gasteiger partial charge in [-0.15, -0.1) is 0 Å². The van der Waals surface area contributed by atoms with Crippen LogP contribution in [0.25, 0.3) is 0 Å². The van der Waals surface area contributed by atoms with Gasteiger partial charge < -0.3 is 10.6 Å². The number of aromatic nitrogens is 2. The van der Waals surface area contributed by atoms with Crippen LogP contribution in [0, 0.1) is 17.8 Å². The highest BCUT2D eigenvalue weighted by molar-refractivity contribution is 5.39. The average Bonchev–Trinajstić information content (AvgIpc) is 3.22. The molecule has 0 atom stereocenters. The van der Waals surface area contributed by atoms with Crippen molar-refractivity contribution < 1.29 is 0 Å². The van der Waals surface area contributed by atoms with Gasteiger partial charge in [0.1, 0.15) is 5.82 Å². The topological polar surface area (TPSA) is 49.8 Å². The lowest BCUT2D eigenvalue weighted by Gasteiger charge is -2.16. The van der Waals surface area contributed by atoms with Crippen LogP contribution in [-0.2, 0) is 0 Å². The molecule has 0 bridgehead atoms. The van der Waals surface area contributed by atoms with Crippen LogP contribution in [0.1, 0.15) is 25.7 Å². The van der Waals surface area contributed by atoms with Crippen molar-refractivity contribution >= 4 is 11.8 Å². The number of hydrogen-bond acceptors (Lipinski definition) is 4. The van der Waals surface area contributed by atoms with E-state index in [0.29, 0.717) is 5.95 Å². The lowest BCUT2D eigenvalue weighted by atomic mass is 9.98. The standard InChI is InChI=1S/C13H20N4/c1-14-13-15-7-6-12(17-13)16-8-11(9-2-3-9)10-4-5-10/h6-7,9-11H,2-5,8H2,1H3,(H2,14,15,16,17). The van der Waals surface area contributed by atoms with Crippen molar-refractivity contribution in [2.24, 2.45) is 17.8 Å². The lowest BCUT2D eigenvalue weighted by Crippen LogP contribution is -2.19. The number of nitrogens with zero attached hydrogens (tertiary/aromatic N) is 2. The van der Waals surface area contributed by atoms with Gasteiger partial charge in [-0.3, -0.25) is 0 Å². The van der Waals surface area contributed by atoms with E-state index in [-0.39, 0.29) is 0 Å². The molecule has 2 N–H and O–H groups in total. The predicted octanol–water partition coefficient (Wildman–Crippen LogP) is 2.37. The molecule has 1 aromatic rings. The van der Waals surface area contributed by atoms with Gasteiger partial charge in [0.25, 0.3) is 0 Å². The van der Waals surface area contributed by atoms with Gasteiger partial charge in [-0.1, -0.05) is 0 Å². The van der Waals surface area contributed by atoms with Crippen molar-refractivity contribution in [2.45, 2.75) is 25.7 Å². The van der Waals surface area contributed by atoms with Crippen LogP contribution >= 0.6 is 0 Å². The normalized spacial score (nSPS) is 19.4. The summed E-state index contributed by atoms with van der Waals surface area (Å²) in [5.74, 6) is 4.48. The molecule has 4 heteroatoms. The first-order valence-electron chi connectivity index (χ1n) is 6.61. The van der Waals surface area contributed by atoms with Crippen molar-refractivity contribution in [3.05, 3.63) is 12.3 Å². The predicted molar refractivity (Wildman–Crippen MR) is 69.0 cm³/mol. The third kappa shape index (κ3) is 2.68. The smallest absolute Gasteiger partial charge is 0.224 e. The third-order valence-corrected chi connectivity index (χ3v) is 3.85. The Hall–Kier alpha value is -1.32. The van der Waals surface area contributed by atoms with Crippen molar-refractivity contribution in [1.29, 1.82) is 0 Å². The minimum atomic E-state index is 0.685. The Bertz CT molecular complexity index is 373. The molecule has 0 saturated heterocycles. The molecule has 1 heterocycles. The number of nitrogens with one attached hydrogen (secondary N) is 2. The summed E-state index contributed by atoms with van der Waals surface area (Å²) in [6.45, 7) is 1.08. The summed E-state index contributed by atoms with van der Waals surface area (Å²) in [6, 6.07) is 1.94. The molecule has 0 radical (unpaired) electrons. The van der Waals surface area contributed by atoms with E-state index in [1.165, 1.54) is 25.7 Å². The lowest BCUT2D eigenvalue weighted by molar-refractivity contribution is 0.427. The number of hydrogen-bond donors (Lipinski definition) is 2. The van der Waals surface area contributed by atoms with Gasteiger partial charge >= 0.3 is 0 Å². The molecule has 2 aliphatic carbocycles. The van der Waals surface area contributed by atoms with E-state index >= 15 is 0 Å². The Morgan fingerprint density at radius 2 is 2.00 bits per heavy atom. The molecule has 4 nitrogen and oxygen atoms in total. The van der Waals surface area contributed by atoms with Gasteiger partial charge in [0.2, 0.25) is 5.95 Å². The van der Waals surface area contributed by atoms with Gasteiger partial charge in [-0.05, 0) is 49.5 Å². The SMILES string of the molecule is CNc1nccc(NCC(C2CC2)C2CC2)n1. The van der Waals surface area contributed by atoms with Crippen LogP contribution in [0.2, 0.25) is 0 Å². The molecule has 2 fully saturated rings. The van der Waals surface area contributed by atoms with Crippen LogP contribution in [0.3, 0.4) is 0 Å². The van der Waals surface area contributed by atoms with Crippen LogP contribution in [0.5, 0.6) is 0 Å². The largest absolute Gasteiger partial charge is 0.370 e. The Morgan fingerprint density at radius 3 is 2.59 bits per heavy atom. The molecule has 0 aliphatic heterocycles. The molecule has 2 saturated carbocycles. The monoisotopic (exact) mass is 232 g/mol. The van der Waals surface area contributed by atoms with Gasteiger partial charge in [-0.2, -0.15) is 4.98 Å². The van der Waals surface area contributed by atoms with Gasteiger partial charge in [-0.25, -0.2) is 4.98 Å². The zero-order valence-electron chi connectivity index (χ0n) is 10.3. The highest BCUT2D eigenvalue weighted by Gasteiger charge is 2.40. The average molecular weight is 232 g/mol. The summed E-state index contributed by atoms with van der Waals surface area (Å²) in [6.07, 6.45) is 7.55. The fourth-order valence-corrected chi connectivity index (χ4v) is 2.57. The molecule has 3 rings (SSSR count). The first-order valence-corrected chi connectivity index (χ1v) is 6.61. The Kier molecular flexibility index (Phi) is 2.87. The Labute approximate surface area is 102 Å². The van der Waals surface area contributed by atoms with E-state index in [9.17, 15) is 0 Å². The summed E-state index contributed by atoms with van der Waals surface area (Å²) in [5.41, 5.74) is 0. The van der Waals surface area contributed by atoms with E-state index in [1.807, 2.05) is 13.1 Å². The van der Waals surface area contributed by atoms with Crippen LogP contribution < -0.4 is 10.6 Å². The summed E-state index contributed by atoms with van der Waals surface area (Å²) < 4.78 is 0. The molecule has 0 spiro atoms. The first kappa shape index (κ1) is 10.8. The molecule has 0 aromatic carbocycles. The summed E-state index contributed by atoms with van der Waals surface area (Å²) in [7, 11) is 1.84. The van der Waals surface area contributed by atoms with Crippen LogP contribution in [0.4, 0.5) is 11.8 Å². The zero-order valence-corrected chi connectivity index (χ0v) is 10.3. The third-order valence-electron chi connectivity index (χ3n) is 3.85. The van der Waals surface area contributed by atoms with Crippen LogP contribution in [0.15, 0.2) is 12.3 Å². The maximum atomic E-state index is 4.39. The maximum Gasteiger partial charge on any atom is 0.224 e. The van der Waals surface area contributed by atoms with E-state index in [4.69, 9.17) is 0 Å². The fourth-order valence-electron chi connectivity index (χ4n) is 2.57. The first-order chi connectivity index (χ1) is 8.36. The molecule has 2 aliphatic rings. The highest BCUT2D eigenvalue weighted by Crippen LogP contribution is 2.49. The molecule has 17 heavy (non-hydrogen) atoms. The van der Waals surface area contributed by atoms with E-state index in [2.05, 4.69) is 20.6 Å². The fraction of sp³-hybridized carbons (Fsp3) is 0.692. The summed E-state index contributed by atoms with van der Waals surface area (Å²) in [5, 5.41) is 6.43. The van der Waals surface area contributed by atoms with Crippen molar-refractivity contribution in [3.63, 3.8) is 0 Å². The van der Waals surface area contributed by atoms with Crippen molar-refractivity contribution in [3.8, 4) is 0 Å². The Balaban J connectivity index is 1.58. The van der Waals surface area contributed by atoms with Gasteiger partial charge in [0.15, 0.2) is 0 Å². The molecule has 0 amide bonds.